The number of hydrogen-bond acceptors (Lipinski definition) is 4. The van der Waals surface area contributed by atoms with Gasteiger partial charge in [-0.1, -0.05) is 24.3 Å². The van der Waals surface area contributed by atoms with Gasteiger partial charge in [-0.25, -0.2) is 14.6 Å². The third-order valence-corrected chi connectivity index (χ3v) is 2.02. The van der Waals surface area contributed by atoms with E-state index in [9.17, 15) is 9.59 Å². The summed E-state index contributed by atoms with van der Waals surface area (Å²) in [5.41, 5.74) is -0.0268. The Hall–Kier alpha value is -2.43. The molecule has 1 aromatic heterocycles. The second-order valence-electron chi connectivity index (χ2n) is 3.07. The molecule has 1 aromatic carbocycles. The molecular formula is C11H7NO4. The van der Waals surface area contributed by atoms with Gasteiger partial charge in [-0.2, -0.15) is 0 Å². The molecule has 2 aromatic rings. The Labute approximate surface area is 90.3 Å². The SMILES string of the molecule is O=C(O)OC(=O)c1cc2ccccc2cn1. The normalized spacial score (nSPS) is 10.0. The quantitative estimate of drug-likeness (QED) is 0.584. The lowest BCUT2D eigenvalue weighted by molar-refractivity contribution is 0.0503. The number of carbonyl (C=O) groups is 2. The van der Waals surface area contributed by atoms with Crippen LogP contribution in [0.15, 0.2) is 36.5 Å². The van der Waals surface area contributed by atoms with E-state index in [1.165, 1.54) is 12.3 Å². The number of esters is 1. The van der Waals surface area contributed by atoms with Crippen LogP contribution in [0.2, 0.25) is 0 Å². The second-order valence-corrected chi connectivity index (χ2v) is 3.07. The molecule has 2 rings (SSSR count). The summed E-state index contributed by atoms with van der Waals surface area (Å²) in [7, 11) is 0. The molecule has 5 nitrogen and oxygen atoms in total. The van der Waals surface area contributed by atoms with E-state index in [0.29, 0.717) is 0 Å². The van der Waals surface area contributed by atoms with Crippen LogP contribution in [0.4, 0.5) is 4.79 Å². The van der Waals surface area contributed by atoms with E-state index >= 15 is 0 Å². The van der Waals surface area contributed by atoms with Crippen LogP contribution >= 0.6 is 0 Å². The smallest absolute Gasteiger partial charge is 0.449 e. The molecule has 0 saturated heterocycles. The first-order valence-corrected chi connectivity index (χ1v) is 4.47. The molecule has 1 N–H and O–H groups in total. The Morgan fingerprint density at radius 3 is 2.56 bits per heavy atom. The van der Waals surface area contributed by atoms with Crippen LogP contribution in [-0.4, -0.2) is 22.2 Å². The van der Waals surface area contributed by atoms with Crippen molar-refractivity contribution in [3.8, 4) is 0 Å². The molecule has 0 radical (unpaired) electrons. The number of ether oxygens (including phenoxy) is 1. The number of nitrogens with zero attached hydrogens (tertiary/aromatic N) is 1. The molecule has 0 aliphatic rings. The molecule has 0 saturated carbocycles. The minimum absolute atomic E-state index is 0.0268. The molecule has 0 atom stereocenters. The van der Waals surface area contributed by atoms with Crippen molar-refractivity contribution in [2.75, 3.05) is 0 Å². The standard InChI is InChI=1S/C11H7NO4/c13-10(16-11(14)15)9-5-7-3-1-2-4-8(7)6-12-9/h1-6H,(H,14,15). The van der Waals surface area contributed by atoms with E-state index < -0.39 is 12.1 Å². The van der Waals surface area contributed by atoms with Gasteiger partial charge >= 0.3 is 12.1 Å². The number of rotatable bonds is 1. The van der Waals surface area contributed by atoms with Gasteiger partial charge in [-0.3, -0.25) is 0 Å². The van der Waals surface area contributed by atoms with Crippen molar-refractivity contribution in [2.24, 2.45) is 0 Å². The molecule has 16 heavy (non-hydrogen) atoms. The number of fused-ring (bicyclic) bond motifs is 1. The summed E-state index contributed by atoms with van der Waals surface area (Å²) in [5.74, 6) is -0.974. The van der Waals surface area contributed by atoms with Crippen molar-refractivity contribution in [2.45, 2.75) is 0 Å². The van der Waals surface area contributed by atoms with Gasteiger partial charge in [0.25, 0.3) is 0 Å². The minimum atomic E-state index is -1.64. The summed E-state index contributed by atoms with van der Waals surface area (Å²) < 4.78 is 4.00. The molecule has 0 aliphatic carbocycles. The van der Waals surface area contributed by atoms with Gasteiger partial charge in [-0.05, 0) is 11.5 Å². The number of pyridine rings is 1. The number of benzene rings is 1. The Morgan fingerprint density at radius 1 is 1.19 bits per heavy atom. The average molecular weight is 217 g/mol. The van der Waals surface area contributed by atoms with Gasteiger partial charge < -0.3 is 9.84 Å². The molecule has 5 heteroatoms. The summed E-state index contributed by atoms with van der Waals surface area (Å²) >= 11 is 0. The predicted octanol–water partition coefficient (Wildman–Crippen LogP) is 2.07. The summed E-state index contributed by atoms with van der Waals surface area (Å²) in [5, 5.41) is 9.96. The van der Waals surface area contributed by atoms with Gasteiger partial charge in [-0.15, -0.1) is 0 Å². The number of hydrogen-bond donors (Lipinski definition) is 1. The zero-order valence-electron chi connectivity index (χ0n) is 8.08. The summed E-state index contributed by atoms with van der Waals surface area (Å²) in [4.78, 5) is 25.2. The van der Waals surface area contributed by atoms with Crippen LogP contribution in [0.1, 0.15) is 10.5 Å². The van der Waals surface area contributed by atoms with Crippen molar-refractivity contribution in [3.63, 3.8) is 0 Å². The molecule has 0 aliphatic heterocycles. The Kier molecular flexibility index (Phi) is 2.51. The van der Waals surface area contributed by atoms with Crippen LogP contribution in [-0.2, 0) is 4.74 Å². The zero-order chi connectivity index (χ0) is 11.5. The lowest BCUT2D eigenvalue weighted by Gasteiger charge is -2.00. The molecule has 0 fully saturated rings. The first kappa shape index (κ1) is 10.1. The topological polar surface area (TPSA) is 76.5 Å². The Morgan fingerprint density at radius 2 is 1.88 bits per heavy atom. The molecule has 0 amide bonds. The molecular weight excluding hydrogens is 210 g/mol. The molecule has 80 valence electrons. The zero-order valence-corrected chi connectivity index (χ0v) is 8.08. The van der Waals surface area contributed by atoms with Crippen LogP contribution in [0.25, 0.3) is 10.8 Å². The highest BCUT2D eigenvalue weighted by molar-refractivity contribution is 5.96. The minimum Gasteiger partial charge on any atom is -0.449 e. The number of carbonyl (C=O) groups excluding carboxylic acids is 1. The van der Waals surface area contributed by atoms with Crippen LogP contribution in [0, 0.1) is 0 Å². The lowest BCUT2D eigenvalue weighted by Crippen LogP contribution is -2.11. The lowest BCUT2D eigenvalue weighted by atomic mass is 10.1. The molecule has 1 heterocycles. The van der Waals surface area contributed by atoms with E-state index in [0.717, 1.165) is 10.8 Å². The highest BCUT2D eigenvalue weighted by Crippen LogP contribution is 2.13. The highest BCUT2D eigenvalue weighted by Gasteiger charge is 2.13. The average Bonchev–Trinajstić information content (AvgIpc) is 2.27. The summed E-state index contributed by atoms with van der Waals surface area (Å²) in [6.07, 6.45) is -0.145. The Balaban J connectivity index is 2.39. The fraction of sp³-hybridized carbons (Fsp3) is 0. The maximum Gasteiger partial charge on any atom is 0.513 e. The summed E-state index contributed by atoms with van der Waals surface area (Å²) in [6, 6.07) is 8.79. The maximum absolute atomic E-state index is 11.2. The monoisotopic (exact) mass is 217 g/mol. The van der Waals surface area contributed by atoms with Gasteiger partial charge in [0.15, 0.2) is 0 Å². The Bertz CT molecular complexity index is 565. The van der Waals surface area contributed by atoms with Crippen LogP contribution < -0.4 is 0 Å². The number of aromatic nitrogens is 1. The van der Waals surface area contributed by atoms with Gasteiger partial charge in [0.2, 0.25) is 0 Å². The molecule has 0 spiro atoms. The van der Waals surface area contributed by atoms with E-state index in [2.05, 4.69) is 9.72 Å². The van der Waals surface area contributed by atoms with Gasteiger partial charge in [0.1, 0.15) is 5.69 Å². The van der Waals surface area contributed by atoms with Crippen molar-refractivity contribution in [1.29, 1.82) is 0 Å². The van der Waals surface area contributed by atoms with Crippen molar-refractivity contribution in [3.05, 3.63) is 42.2 Å². The molecule has 0 bridgehead atoms. The fourth-order valence-electron chi connectivity index (χ4n) is 1.33. The van der Waals surface area contributed by atoms with Crippen molar-refractivity contribution >= 4 is 22.9 Å². The van der Waals surface area contributed by atoms with E-state index in [1.54, 1.807) is 6.07 Å². The summed E-state index contributed by atoms with van der Waals surface area (Å²) in [6.45, 7) is 0. The largest absolute Gasteiger partial charge is 0.513 e. The molecule has 0 unspecified atom stereocenters. The van der Waals surface area contributed by atoms with E-state index in [-0.39, 0.29) is 5.69 Å². The third kappa shape index (κ3) is 1.98. The number of carboxylic acid groups (broad SMARTS) is 1. The van der Waals surface area contributed by atoms with Gasteiger partial charge in [0, 0.05) is 11.6 Å². The van der Waals surface area contributed by atoms with Crippen LogP contribution in [0.5, 0.6) is 0 Å². The first-order chi connectivity index (χ1) is 7.66. The second kappa shape index (κ2) is 3.98. The predicted molar refractivity (Wildman–Crippen MR) is 55.2 cm³/mol. The maximum atomic E-state index is 11.2. The fourth-order valence-corrected chi connectivity index (χ4v) is 1.33. The van der Waals surface area contributed by atoms with E-state index in [4.69, 9.17) is 5.11 Å². The van der Waals surface area contributed by atoms with Crippen LogP contribution in [0.3, 0.4) is 0 Å². The third-order valence-electron chi connectivity index (χ3n) is 2.02. The first-order valence-electron chi connectivity index (χ1n) is 4.47. The van der Waals surface area contributed by atoms with Gasteiger partial charge in [0.05, 0.1) is 0 Å². The highest BCUT2D eigenvalue weighted by atomic mass is 16.7. The van der Waals surface area contributed by atoms with E-state index in [1.807, 2.05) is 18.2 Å². The van der Waals surface area contributed by atoms with Crippen molar-refractivity contribution in [1.82, 2.24) is 4.98 Å². The van der Waals surface area contributed by atoms with Crippen molar-refractivity contribution < 1.29 is 19.4 Å².